The van der Waals surface area contributed by atoms with E-state index < -0.39 is 0 Å². The molecule has 1 aliphatic rings. The number of nitrogens with one attached hydrogen (secondary N) is 1. The first-order valence-corrected chi connectivity index (χ1v) is 8.62. The molecule has 1 heterocycles. The van der Waals surface area contributed by atoms with Gasteiger partial charge in [0, 0.05) is 18.7 Å². The van der Waals surface area contributed by atoms with Gasteiger partial charge in [0.05, 0.1) is 19.9 Å². The number of fused-ring (bicyclic) bond motifs is 1. The van der Waals surface area contributed by atoms with Gasteiger partial charge in [-0.1, -0.05) is 6.07 Å². The summed E-state index contributed by atoms with van der Waals surface area (Å²) in [5, 5.41) is 2.72. The van der Waals surface area contributed by atoms with Crippen LogP contribution in [0.4, 0.5) is 5.69 Å². The molecule has 0 spiro atoms. The van der Waals surface area contributed by atoms with Gasteiger partial charge in [-0.25, -0.2) is 0 Å². The van der Waals surface area contributed by atoms with E-state index >= 15 is 0 Å². The fourth-order valence-corrected chi connectivity index (χ4v) is 2.92. The van der Waals surface area contributed by atoms with Gasteiger partial charge < -0.3 is 24.4 Å². The number of nitrogens with zero attached hydrogens (tertiary/aromatic N) is 1. The minimum Gasteiger partial charge on any atom is -0.493 e. The number of carbonyl (C=O) groups excluding carboxylic acids is 2. The van der Waals surface area contributed by atoms with Crippen LogP contribution in [-0.4, -0.2) is 44.1 Å². The van der Waals surface area contributed by atoms with E-state index in [9.17, 15) is 9.59 Å². The maximum Gasteiger partial charge on any atom is 0.262 e. The Morgan fingerprint density at radius 1 is 1.15 bits per heavy atom. The molecule has 0 radical (unpaired) electrons. The molecule has 2 aromatic carbocycles. The Morgan fingerprint density at radius 2 is 1.93 bits per heavy atom. The quantitative estimate of drug-likeness (QED) is 0.846. The van der Waals surface area contributed by atoms with E-state index in [-0.39, 0.29) is 18.4 Å². The number of anilines is 1. The van der Waals surface area contributed by atoms with E-state index in [1.54, 1.807) is 37.3 Å². The first-order chi connectivity index (χ1) is 13.0. The Morgan fingerprint density at radius 3 is 2.63 bits per heavy atom. The Hall–Kier alpha value is -3.22. The van der Waals surface area contributed by atoms with Crippen molar-refractivity contribution in [3.05, 3.63) is 47.5 Å². The van der Waals surface area contributed by atoms with Gasteiger partial charge in [-0.15, -0.1) is 0 Å². The minimum atomic E-state index is -0.204. The van der Waals surface area contributed by atoms with Crippen LogP contribution in [0.15, 0.2) is 36.4 Å². The standard InChI is InChI=1S/C20H22N2O5/c1-4-22(11-13-5-8-16(25-2)18(9-13)26-3)20(24)14-6-7-15-17(10-14)27-12-19(23)21-15/h5-10H,4,11-12H2,1-3H3,(H,21,23). The highest BCUT2D eigenvalue weighted by Gasteiger charge is 2.20. The largest absolute Gasteiger partial charge is 0.493 e. The lowest BCUT2D eigenvalue weighted by Crippen LogP contribution is -2.31. The zero-order valence-electron chi connectivity index (χ0n) is 15.6. The van der Waals surface area contributed by atoms with Gasteiger partial charge >= 0.3 is 0 Å². The van der Waals surface area contributed by atoms with Gasteiger partial charge in [0.25, 0.3) is 11.8 Å². The fourth-order valence-electron chi connectivity index (χ4n) is 2.92. The number of rotatable bonds is 6. The van der Waals surface area contributed by atoms with Gasteiger partial charge in [-0.05, 0) is 42.8 Å². The van der Waals surface area contributed by atoms with Crippen molar-refractivity contribution in [2.24, 2.45) is 0 Å². The molecule has 1 N–H and O–H groups in total. The predicted molar refractivity (Wildman–Crippen MR) is 101 cm³/mol. The van der Waals surface area contributed by atoms with E-state index in [1.165, 1.54) is 0 Å². The molecule has 0 saturated heterocycles. The molecule has 0 atom stereocenters. The van der Waals surface area contributed by atoms with Crippen LogP contribution >= 0.6 is 0 Å². The average Bonchev–Trinajstić information content (AvgIpc) is 2.70. The summed E-state index contributed by atoms with van der Waals surface area (Å²) in [5.74, 6) is 1.45. The Labute approximate surface area is 157 Å². The van der Waals surface area contributed by atoms with Crippen molar-refractivity contribution >= 4 is 17.5 Å². The highest BCUT2D eigenvalue weighted by molar-refractivity contribution is 5.99. The summed E-state index contributed by atoms with van der Waals surface area (Å²) >= 11 is 0. The Balaban J connectivity index is 1.79. The number of hydrogen-bond acceptors (Lipinski definition) is 5. The van der Waals surface area contributed by atoms with Crippen LogP contribution in [0.5, 0.6) is 17.2 Å². The van der Waals surface area contributed by atoms with Crippen molar-refractivity contribution in [3.8, 4) is 17.2 Å². The molecular weight excluding hydrogens is 348 g/mol. The smallest absolute Gasteiger partial charge is 0.262 e. The third-order valence-corrected chi connectivity index (χ3v) is 4.35. The number of benzene rings is 2. The number of amides is 2. The van der Waals surface area contributed by atoms with E-state index in [2.05, 4.69) is 5.32 Å². The van der Waals surface area contributed by atoms with E-state index in [0.29, 0.717) is 41.6 Å². The Bertz CT molecular complexity index is 865. The summed E-state index contributed by atoms with van der Waals surface area (Å²) in [6, 6.07) is 10.6. The van der Waals surface area contributed by atoms with Crippen LogP contribution in [0.25, 0.3) is 0 Å². The van der Waals surface area contributed by atoms with E-state index in [4.69, 9.17) is 14.2 Å². The van der Waals surface area contributed by atoms with Crippen molar-refractivity contribution in [1.29, 1.82) is 0 Å². The van der Waals surface area contributed by atoms with Crippen LogP contribution in [0.3, 0.4) is 0 Å². The van der Waals surface area contributed by atoms with E-state index in [0.717, 1.165) is 5.56 Å². The number of hydrogen-bond donors (Lipinski definition) is 1. The molecule has 2 aromatic rings. The highest BCUT2D eigenvalue weighted by Crippen LogP contribution is 2.30. The number of carbonyl (C=O) groups is 2. The topological polar surface area (TPSA) is 77.1 Å². The van der Waals surface area contributed by atoms with Crippen molar-refractivity contribution < 1.29 is 23.8 Å². The summed E-state index contributed by atoms with van der Waals surface area (Å²) in [5.41, 5.74) is 2.02. The molecule has 2 amide bonds. The number of ether oxygens (including phenoxy) is 3. The molecule has 1 aliphatic heterocycles. The van der Waals surface area contributed by atoms with Crippen molar-refractivity contribution in [1.82, 2.24) is 4.90 Å². The average molecular weight is 370 g/mol. The van der Waals surface area contributed by atoms with Gasteiger partial charge in [-0.3, -0.25) is 9.59 Å². The molecule has 0 saturated carbocycles. The molecular formula is C20H22N2O5. The van der Waals surface area contributed by atoms with Crippen LogP contribution in [0.2, 0.25) is 0 Å². The Kier molecular flexibility index (Phi) is 5.49. The van der Waals surface area contributed by atoms with Crippen molar-refractivity contribution in [2.45, 2.75) is 13.5 Å². The minimum absolute atomic E-state index is 0.0478. The molecule has 7 heteroatoms. The zero-order chi connectivity index (χ0) is 19.4. The maximum absolute atomic E-state index is 12.9. The van der Waals surface area contributed by atoms with Gasteiger partial charge in [0.15, 0.2) is 18.1 Å². The molecule has 0 aliphatic carbocycles. The second kappa shape index (κ2) is 7.99. The summed E-state index contributed by atoms with van der Waals surface area (Å²) in [6.45, 7) is 2.85. The van der Waals surface area contributed by atoms with Crippen LogP contribution < -0.4 is 19.5 Å². The van der Waals surface area contributed by atoms with Crippen LogP contribution in [0.1, 0.15) is 22.8 Å². The lowest BCUT2D eigenvalue weighted by atomic mass is 10.1. The lowest BCUT2D eigenvalue weighted by molar-refractivity contribution is -0.118. The second-order valence-electron chi connectivity index (χ2n) is 6.06. The van der Waals surface area contributed by atoms with Gasteiger partial charge in [0.2, 0.25) is 0 Å². The second-order valence-corrected chi connectivity index (χ2v) is 6.06. The first kappa shape index (κ1) is 18.6. The molecule has 3 rings (SSSR count). The van der Waals surface area contributed by atoms with Crippen LogP contribution in [-0.2, 0) is 11.3 Å². The summed E-state index contributed by atoms with van der Waals surface area (Å²) in [4.78, 5) is 26.0. The van der Waals surface area contributed by atoms with Crippen molar-refractivity contribution in [3.63, 3.8) is 0 Å². The molecule has 0 fully saturated rings. The first-order valence-electron chi connectivity index (χ1n) is 8.62. The monoisotopic (exact) mass is 370 g/mol. The highest BCUT2D eigenvalue weighted by atomic mass is 16.5. The maximum atomic E-state index is 12.9. The fraction of sp³-hybridized carbons (Fsp3) is 0.300. The van der Waals surface area contributed by atoms with Crippen LogP contribution in [0, 0.1) is 0 Å². The zero-order valence-corrected chi connectivity index (χ0v) is 15.6. The SMILES string of the molecule is CCN(Cc1ccc(OC)c(OC)c1)C(=O)c1ccc2c(c1)OCC(=O)N2. The number of methoxy groups -OCH3 is 2. The molecule has 0 unspecified atom stereocenters. The summed E-state index contributed by atoms with van der Waals surface area (Å²) < 4.78 is 16.0. The summed E-state index contributed by atoms with van der Waals surface area (Å²) in [6.07, 6.45) is 0. The molecule has 0 bridgehead atoms. The van der Waals surface area contributed by atoms with E-state index in [1.807, 2.05) is 25.1 Å². The summed E-state index contributed by atoms with van der Waals surface area (Å²) in [7, 11) is 3.16. The molecule has 7 nitrogen and oxygen atoms in total. The van der Waals surface area contributed by atoms with Gasteiger partial charge in [0.1, 0.15) is 5.75 Å². The third kappa shape index (κ3) is 3.97. The van der Waals surface area contributed by atoms with Gasteiger partial charge in [-0.2, -0.15) is 0 Å². The molecule has 142 valence electrons. The molecule has 27 heavy (non-hydrogen) atoms. The lowest BCUT2D eigenvalue weighted by Gasteiger charge is -2.23. The third-order valence-electron chi connectivity index (χ3n) is 4.35. The molecule has 0 aromatic heterocycles. The van der Waals surface area contributed by atoms with Crippen molar-refractivity contribution in [2.75, 3.05) is 32.7 Å². The predicted octanol–water partition coefficient (Wildman–Crippen LogP) is 2.70. The normalized spacial score (nSPS) is 12.5.